The van der Waals surface area contributed by atoms with E-state index in [1.165, 1.54) is 32.2 Å². The van der Waals surface area contributed by atoms with E-state index in [1.807, 2.05) is 71.9 Å². The predicted molar refractivity (Wildman–Crippen MR) is 235 cm³/mol. The van der Waals surface area contributed by atoms with Gasteiger partial charge in [-0.2, -0.15) is 0 Å². The third-order valence-corrected chi connectivity index (χ3v) is 11.9. The molecule has 9 atom stereocenters. The van der Waals surface area contributed by atoms with Crippen LogP contribution in [0, 0.1) is 17.8 Å². The smallest absolute Gasteiger partial charge is 0.410 e. The first-order chi connectivity index (χ1) is 28.2. The van der Waals surface area contributed by atoms with E-state index in [1.54, 1.807) is 50.6 Å². The highest BCUT2D eigenvalue weighted by atomic mass is 32.2. The molecule has 2 heterocycles. The van der Waals surface area contributed by atoms with Gasteiger partial charge in [0.25, 0.3) is 5.91 Å². The number of likely N-dealkylation sites (N-methyl/N-ethyl adjacent to an activating group) is 2. The number of ether oxygens (including phenoxy) is 4. The maximum Gasteiger partial charge on any atom is 0.410 e. The Labute approximate surface area is 361 Å². The maximum absolute atomic E-state index is 14.1. The van der Waals surface area contributed by atoms with Gasteiger partial charge in [0.15, 0.2) is 6.10 Å². The molecule has 1 fully saturated rings. The van der Waals surface area contributed by atoms with Crippen LogP contribution in [-0.4, -0.2) is 146 Å². The van der Waals surface area contributed by atoms with Gasteiger partial charge in [-0.05, 0) is 50.5 Å². The van der Waals surface area contributed by atoms with E-state index in [0.717, 1.165) is 16.4 Å². The fourth-order valence-corrected chi connectivity index (χ4v) is 8.31. The number of hydrogen-bond donors (Lipinski definition) is 3. The Morgan fingerprint density at radius 1 is 0.950 bits per heavy atom. The van der Waals surface area contributed by atoms with Gasteiger partial charge in [-0.1, -0.05) is 84.4 Å². The lowest BCUT2D eigenvalue weighted by atomic mass is 9.94. The third-order valence-electron chi connectivity index (χ3n) is 10.8. The Balaban J connectivity index is 1.70. The molecule has 60 heavy (non-hydrogen) atoms. The highest BCUT2D eigenvalue weighted by Gasteiger charge is 2.49. The molecular weight excluding hydrogens is 789 g/mol. The van der Waals surface area contributed by atoms with E-state index in [-0.39, 0.29) is 42.2 Å². The number of amides is 5. The van der Waals surface area contributed by atoms with Gasteiger partial charge in [-0.15, -0.1) is 11.8 Å². The van der Waals surface area contributed by atoms with E-state index in [0.29, 0.717) is 19.4 Å². The highest BCUT2D eigenvalue weighted by Crippen LogP contribution is 2.27. The topological polar surface area (TPSA) is 177 Å². The summed E-state index contributed by atoms with van der Waals surface area (Å²) in [5, 5.41) is 9.80. The molecule has 2 aliphatic heterocycles. The third kappa shape index (κ3) is 14.0. The summed E-state index contributed by atoms with van der Waals surface area (Å²) in [7, 11) is 6.18. The molecule has 5 amide bonds. The lowest BCUT2D eigenvalue weighted by Gasteiger charge is -2.36. The predicted octanol–water partition coefficient (Wildman–Crippen LogP) is 4.23. The first kappa shape index (κ1) is 50.4. The zero-order chi connectivity index (χ0) is 44.9. The summed E-state index contributed by atoms with van der Waals surface area (Å²) in [5.74, 6) is -1.35. The fourth-order valence-electron chi connectivity index (χ4n) is 7.39. The van der Waals surface area contributed by atoms with Crippen LogP contribution in [0.3, 0.4) is 0 Å². The Morgan fingerprint density at radius 2 is 1.60 bits per heavy atom. The van der Waals surface area contributed by atoms with Crippen LogP contribution in [0.15, 0.2) is 47.5 Å². The van der Waals surface area contributed by atoms with Crippen LogP contribution in [0.25, 0.3) is 0 Å². The Bertz CT molecular complexity index is 1650. The fraction of sp³-hybridized carbons (Fsp3) is 0.682. The number of nitrogens with one attached hydrogen (secondary N) is 3. The summed E-state index contributed by atoms with van der Waals surface area (Å²) < 4.78 is 23.3. The number of aliphatic imine (C=N–C) groups is 1. The van der Waals surface area contributed by atoms with E-state index in [2.05, 4.69) is 20.9 Å². The highest BCUT2D eigenvalue weighted by molar-refractivity contribution is 8.14. The second-order valence-electron chi connectivity index (χ2n) is 17.3. The summed E-state index contributed by atoms with van der Waals surface area (Å²) in [6.45, 7) is 17.3. The SMILES string of the molecule is CC[C@H](C)[C@@H](/C=C/C(=O)NC[C@H]1O[C@@H](C(=O)N[C@@H](Cc2ccccc2)C2=NCCS2)[C@@H](OC)[C@@H]1OC)N(C)C(=O)[C@@H](NC(=O)[C@H](C(C)C)N(C)C(=O)OC(C)(C)C)C(C)C. The largest absolute Gasteiger partial charge is 0.444 e. The number of carbonyl (C=O) groups is 5. The molecule has 336 valence electrons. The van der Waals surface area contributed by atoms with Crippen LogP contribution >= 0.6 is 11.8 Å². The first-order valence-corrected chi connectivity index (χ1v) is 21.9. The number of rotatable bonds is 20. The number of thioether (sulfide) groups is 1. The maximum atomic E-state index is 14.1. The van der Waals surface area contributed by atoms with Crippen LogP contribution in [-0.2, 0) is 44.5 Å². The molecule has 0 bridgehead atoms. The molecular formula is C44H70N6O9S. The molecule has 1 aromatic rings. The Hall–Kier alpha value is -3.99. The van der Waals surface area contributed by atoms with Crippen LogP contribution in [0.2, 0.25) is 0 Å². The van der Waals surface area contributed by atoms with Gasteiger partial charge in [0.05, 0.1) is 17.1 Å². The molecule has 0 aromatic heterocycles. The molecule has 2 aliphatic rings. The molecule has 16 heteroatoms. The molecule has 3 N–H and O–H groups in total. The van der Waals surface area contributed by atoms with Crippen molar-refractivity contribution in [3.63, 3.8) is 0 Å². The van der Waals surface area contributed by atoms with Crippen molar-refractivity contribution in [3.05, 3.63) is 48.0 Å². The van der Waals surface area contributed by atoms with Crippen LogP contribution in [0.4, 0.5) is 4.79 Å². The summed E-state index contributed by atoms with van der Waals surface area (Å²) in [6.07, 6.45) is 0.611. The van der Waals surface area contributed by atoms with Gasteiger partial charge < -0.3 is 39.8 Å². The normalized spacial score (nSPS) is 21.8. The zero-order valence-electron chi connectivity index (χ0n) is 37.9. The lowest BCUT2D eigenvalue weighted by molar-refractivity contribution is -0.140. The number of methoxy groups -OCH3 is 2. The second kappa shape index (κ2) is 23.3. The van der Waals surface area contributed by atoms with Gasteiger partial charge in [-0.25, -0.2) is 4.79 Å². The summed E-state index contributed by atoms with van der Waals surface area (Å²) in [5.41, 5.74) is 0.315. The van der Waals surface area contributed by atoms with E-state index >= 15 is 0 Å². The molecule has 1 aromatic carbocycles. The number of hydrogen-bond acceptors (Lipinski definition) is 11. The molecule has 0 unspecified atom stereocenters. The minimum atomic E-state index is -1.000. The van der Waals surface area contributed by atoms with Crippen molar-refractivity contribution >= 4 is 46.5 Å². The van der Waals surface area contributed by atoms with Crippen LogP contribution in [0.1, 0.15) is 74.3 Å². The van der Waals surface area contributed by atoms with Gasteiger partial charge in [0.1, 0.15) is 36.0 Å². The van der Waals surface area contributed by atoms with E-state index < -0.39 is 66.1 Å². The number of benzene rings is 1. The van der Waals surface area contributed by atoms with Crippen molar-refractivity contribution in [3.8, 4) is 0 Å². The molecule has 0 saturated carbocycles. The minimum absolute atomic E-state index is 0.0281. The molecule has 0 spiro atoms. The van der Waals surface area contributed by atoms with E-state index in [4.69, 9.17) is 18.9 Å². The van der Waals surface area contributed by atoms with Crippen molar-refractivity contribution in [1.82, 2.24) is 25.8 Å². The van der Waals surface area contributed by atoms with Crippen molar-refractivity contribution < 1.29 is 42.9 Å². The van der Waals surface area contributed by atoms with Gasteiger partial charge in [-0.3, -0.25) is 29.1 Å². The number of carbonyl (C=O) groups excluding carboxylic acids is 5. The first-order valence-electron chi connectivity index (χ1n) is 21.0. The van der Waals surface area contributed by atoms with E-state index in [9.17, 15) is 24.0 Å². The lowest BCUT2D eigenvalue weighted by Crippen LogP contribution is -2.58. The monoisotopic (exact) mass is 858 g/mol. The van der Waals surface area contributed by atoms with Crippen LogP contribution < -0.4 is 16.0 Å². The summed E-state index contributed by atoms with van der Waals surface area (Å²) in [6, 6.07) is 7.27. The molecule has 1 saturated heterocycles. The van der Waals surface area contributed by atoms with Crippen LogP contribution in [0.5, 0.6) is 0 Å². The Morgan fingerprint density at radius 3 is 2.13 bits per heavy atom. The van der Waals surface area contributed by atoms with Gasteiger partial charge in [0.2, 0.25) is 17.7 Å². The Kier molecular flexibility index (Phi) is 19.5. The van der Waals surface area contributed by atoms with Gasteiger partial charge in [0, 0.05) is 53.2 Å². The van der Waals surface area contributed by atoms with Crippen molar-refractivity contribution in [1.29, 1.82) is 0 Å². The van der Waals surface area contributed by atoms with Crippen molar-refractivity contribution in [2.45, 2.75) is 129 Å². The molecule has 0 radical (unpaired) electrons. The standard InChI is InChI=1S/C44H70N6O9S/c1-14-28(6)31(49(10)42(54)34(26(2)3)48-39(52)35(27(4)5)50(11)43(55)59-44(7,8)9)20-21-33(51)46-25-32-36(56-12)37(57-13)38(58-32)40(53)47-30(41-45-22-23-60-41)24-29-18-16-15-17-19-29/h15-21,26-28,30-32,34-38H,14,22-25H2,1-13H3,(H,46,51)(H,47,53)(H,48,52)/b21-20+/t28-,30-,31+,32+,34-,35-,36+,37-,38+/m0/s1. The number of nitrogens with zero attached hydrogens (tertiary/aromatic N) is 3. The second-order valence-corrected chi connectivity index (χ2v) is 18.4. The molecule has 15 nitrogen and oxygen atoms in total. The summed E-state index contributed by atoms with van der Waals surface area (Å²) >= 11 is 1.63. The quantitative estimate of drug-likeness (QED) is 0.161. The molecule has 3 rings (SSSR count). The minimum Gasteiger partial charge on any atom is -0.444 e. The van der Waals surface area contributed by atoms with Gasteiger partial charge >= 0.3 is 6.09 Å². The van der Waals surface area contributed by atoms with Crippen molar-refractivity contribution in [2.75, 3.05) is 47.2 Å². The van der Waals surface area contributed by atoms with Crippen molar-refractivity contribution in [2.24, 2.45) is 22.7 Å². The average Bonchev–Trinajstić information content (AvgIpc) is 3.86. The zero-order valence-corrected chi connectivity index (χ0v) is 38.7. The molecule has 0 aliphatic carbocycles. The summed E-state index contributed by atoms with van der Waals surface area (Å²) in [4.78, 5) is 75.4. The average molecular weight is 859 g/mol.